The normalized spacial score (nSPS) is 10.1. The van der Waals surface area contributed by atoms with Crippen LogP contribution in [0.2, 0.25) is 0 Å². The maximum absolute atomic E-state index is 12.2. The molecule has 0 aliphatic heterocycles. The molecule has 0 bridgehead atoms. The van der Waals surface area contributed by atoms with Gasteiger partial charge in [0.2, 0.25) is 0 Å². The van der Waals surface area contributed by atoms with Crippen LogP contribution in [-0.2, 0) is 6.42 Å². The molecule has 0 aliphatic carbocycles. The van der Waals surface area contributed by atoms with Gasteiger partial charge in [-0.1, -0.05) is 6.07 Å². The van der Waals surface area contributed by atoms with Gasteiger partial charge in [-0.3, -0.25) is 9.78 Å². The van der Waals surface area contributed by atoms with Crippen molar-refractivity contribution in [1.29, 1.82) is 0 Å². The average Bonchev–Trinajstić information content (AvgIpc) is 2.50. The van der Waals surface area contributed by atoms with Gasteiger partial charge in [0.05, 0.1) is 17.9 Å². The molecule has 1 heterocycles. The lowest BCUT2D eigenvalue weighted by Gasteiger charge is -2.12. The topological polar surface area (TPSA) is 77.2 Å². The van der Waals surface area contributed by atoms with Gasteiger partial charge in [-0.2, -0.15) is 0 Å². The number of nitrogen functional groups attached to an aromatic ring is 1. The van der Waals surface area contributed by atoms with Crippen molar-refractivity contribution in [2.24, 2.45) is 0 Å². The Morgan fingerprint density at radius 1 is 1.29 bits per heavy atom. The molecule has 5 heteroatoms. The minimum Gasteiger partial charge on any atom is -0.491 e. The van der Waals surface area contributed by atoms with E-state index in [9.17, 15) is 4.79 Å². The number of hydrogen-bond donors (Lipinski definition) is 2. The second-order valence-electron chi connectivity index (χ2n) is 4.52. The Morgan fingerprint density at radius 3 is 2.76 bits per heavy atom. The third kappa shape index (κ3) is 3.95. The van der Waals surface area contributed by atoms with Crippen LogP contribution >= 0.6 is 0 Å². The number of pyridine rings is 1. The molecule has 0 fully saturated rings. The van der Waals surface area contributed by atoms with E-state index in [4.69, 9.17) is 10.5 Å². The molecule has 0 atom stereocenters. The molecule has 0 unspecified atom stereocenters. The standard InChI is InChI=1S/C16H19N3O2/c1-2-21-15-13(4-3-5-14(15)17)16(20)19-11-8-12-6-9-18-10-7-12/h3-7,9-10H,2,8,11,17H2,1H3,(H,19,20). The predicted octanol–water partition coefficient (Wildman–Crippen LogP) is 2.04. The van der Waals surface area contributed by atoms with Gasteiger partial charge in [0.1, 0.15) is 0 Å². The minimum atomic E-state index is -0.181. The first-order valence-electron chi connectivity index (χ1n) is 6.90. The Labute approximate surface area is 124 Å². The monoisotopic (exact) mass is 285 g/mol. The molecule has 0 radical (unpaired) electrons. The minimum absolute atomic E-state index is 0.181. The molecule has 0 aliphatic rings. The second kappa shape index (κ2) is 7.28. The van der Waals surface area contributed by atoms with Crippen LogP contribution in [0, 0.1) is 0 Å². The first-order chi connectivity index (χ1) is 10.2. The van der Waals surface area contributed by atoms with Crippen LogP contribution in [0.1, 0.15) is 22.8 Å². The summed E-state index contributed by atoms with van der Waals surface area (Å²) in [5, 5.41) is 2.88. The number of carbonyl (C=O) groups excluding carboxylic acids is 1. The number of para-hydroxylation sites is 1. The molecule has 0 saturated carbocycles. The van der Waals surface area contributed by atoms with E-state index in [-0.39, 0.29) is 5.91 Å². The van der Waals surface area contributed by atoms with Crippen LogP contribution in [-0.4, -0.2) is 24.0 Å². The molecule has 1 aromatic heterocycles. The van der Waals surface area contributed by atoms with Crippen molar-refractivity contribution in [3.05, 3.63) is 53.9 Å². The number of anilines is 1. The Kier molecular flexibility index (Phi) is 5.15. The molecule has 2 aromatic rings. The SMILES string of the molecule is CCOc1c(N)cccc1C(=O)NCCc1ccncc1. The van der Waals surface area contributed by atoms with Crippen LogP contribution < -0.4 is 15.8 Å². The molecule has 1 aromatic carbocycles. The van der Waals surface area contributed by atoms with Crippen molar-refractivity contribution in [3.8, 4) is 5.75 Å². The van der Waals surface area contributed by atoms with E-state index in [1.165, 1.54) is 0 Å². The van der Waals surface area contributed by atoms with Gasteiger partial charge in [0, 0.05) is 18.9 Å². The number of nitrogens with one attached hydrogen (secondary N) is 1. The number of rotatable bonds is 6. The number of nitrogens with two attached hydrogens (primary N) is 1. The largest absolute Gasteiger partial charge is 0.491 e. The zero-order chi connectivity index (χ0) is 15.1. The summed E-state index contributed by atoms with van der Waals surface area (Å²) in [6, 6.07) is 9.04. The van der Waals surface area contributed by atoms with Crippen molar-refractivity contribution >= 4 is 11.6 Å². The van der Waals surface area contributed by atoms with Crippen molar-refractivity contribution < 1.29 is 9.53 Å². The number of nitrogens with zero attached hydrogens (tertiary/aromatic N) is 1. The summed E-state index contributed by atoms with van der Waals surface area (Å²) in [5.41, 5.74) is 7.92. The lowest BCUT2D eigenvalue weighted by Crippen LogP contribution is -2.26. The van der Waals surface area contributed by atoms with Gasteiger partial charge >= 0.3 is 0 Å². The first-order valence-corrected chi connectivity index (χ1v) is 6.90. The summed E-state index contributed by atoms with van der Waals surface area (Å²) in [6.07, 6.45) is 4.23. The predicted molar refractivity (Wildman–Crippen MR) is 82.3 cm³/mol. The van der Waals surface area contributed by atoms with E-state index in [0.29, 0.717) is 30.2 Å². The number of aromatic nitrogens is 1. The van der Waals surface area contributed by atoms with Gasteiger partial charge in [0.25, 0.3) is 5.91 Å². The average molecular weight is 285 g/mol. The molecule has 5 nitrogen and oxygen atoms in total. The van der Waals surface area contributed by atoms with E-state index >= 15 is 0 Å². The third-order valence-corrected chi connectivity index (χ3v) is 3.03. The zero-order valence-corrected chi connectivity index (χ0v) is 12.0. The number of benzene rings is 1. The molecular formula is C16H19N3O2. The van der Waals surface area contributed by atoms with Crippen molar-refractivity contribution in [3.63, 3.8) is 0 Å². The summed E-state index contributed by atoms with van der Waals surface area (Å²) in [4.78, 5) is 16.2. The quantitative estimate of drug-likeness (QED) is 0.796. The van der Waals surface area contributed by atoms with Gasteiger partial charge in [0.15, 0.2) is 5.75 Å². The molecule has 0 saturated heterocycles. The van der Waals surface area contributed by atoms with Crippen LogP contribution in [0.25, 0.3) is 0 Å². The molecule has 2 rings (SSSR count). The van der Waals surface area contributed by atoms with E-state index < -0.39 is 0 Å². The molecule has 3 N–H and O–H groups in total. The number of hydrogen-bond acceptors (Lipinski definition) is 4. The van der Waals surface area contributed by atoms with Gasteiger partial charge in [-0.25, -0.2) is 0 Å². The highest BCUT2D eigenvalue weighted by molar-refractivity contribution is 5.98. The van der Waals surface area contributed by atoms with E-state index in [1.807, 2.05) is 19.1 Å². The third-order valence-electron chi connectivity index (χ3n) is 3.03. The zero-order valence-electron chi connectivity index (χ0n) is 12.0. The van der Waals surface area contributed by atoms with Crippen LogP contribution in [0.3, 0.4) is 0 Å². The second-order valence-corrected chi connectivity index (χ2v) is 4.52. The first kappa shape index (κ1) is 14.8. The molecule has 1 amide bonds. The van der Waals surface area contributed by atoms with Crippen molar-refractivity contribution in [2.45, 2.75) is 13.3 Å². The molecular weight excluding hydrogens is 266 g/mol. The summed E-state index contributed by atoms with van der Waals surface area (Å²) in [6.45, 7) is 2.87. The summed E-state index contributed by atoms with van der Waals surface area (Å²) < 4.78 is 5.46. The van der Waals surface area contributed by atoms with Gasteiger partial charge in [-0.15, -0.1) is 0 Å². The Bertz CT molecular complexity index is 600. The summed E-state index contributed by atoms with van der Waals surface area (Å²) in [7, 11) is 0. The Hall–Kier alpha value is -2.56. The molecule has 0 spiro atoms. The van der Waals surface area contributed by atoms with Crippen LogP contribution in [0.4, 0.5) is 5.69 Å². The number of carbonyl (C=O) groups is 1. The number of ether oxygens (including phenoxy) is 1. The maximum Gasteiger partial charge on any atom is 0.255 e. The highest BCUT2D eigenvalue weighted by Crippen LogP contribution is 2.26. The molecule has 21 heavy (non-hydrogen) atoms. The summed E-state index contributed by atoms with van der Waals surface area (Å²) in [5.74, 6) is 0.265. The van der Waals surface area contributed by atoms with Crippen molar-refractivity contribution in [1.82, 2.24) is 10.3 Å². The van der Waals surface area contributed by atoms with Gasteiger partial charge < -0.3 is 15.8 Å². The van der Waals surface area contributed by atoms with Crippen molar-refractivity contribution in [2.75, 3.05) is 18.9 Å². The van der Waals surface area contributed by atoms with E-state index in [2.05, 4.69) is 10.3 Å². The Morgan fingerprint density at radius 2 is 2.05 bits per heavy atom. The highest BCUT2D eigenvalue weighted by atomic mass is 16.5. The maximum atomic E-state index is 12.2. The summed E-state index contributed by atoms with van der Waals surface area (Å²) >= 11 is 0. The fraction of sp³-hybridized carbons (Fsp3) is 0.250. The fourth-order valence-corrected chi connectivity index (χ4v) is 2.00. The smallest absolute Gasteiger partial charge is 0.255 e. The highest BCUT2D eigenvalue weighted by Gasteiger charge is 2.14. The lowest BCUT2D eigenvalue weighted by molar-refractivity contribution is 0.0950. The molecule has 110 valence electrons. The lowest BCUT2D eigenvalue weighted by atomic mass is 10.1. The van der Waals surface area contributed by atoms with Gasteiger partial charge in [-0.05, 0) is 43.2 Å². The fourth-order valence-electron chi connectivity index (χ4n) is 2.00. The van der Waals surface area contributed by atoms with E-state index in [0.717, 1.165) is 12.0 Å². The number of amides is 1. The van der Waals surface area contributed by atoms with Crippen LogP contribution in [0.15, 0.2) is 42.7 Å². The van der Waals surface area contributed by atoms with E-state index in [1.54, 1.807) is 30.6 Å². The van der Waals surface area contributed by atoms with Crippen LogP contribution in [0.5, 0.6) is 5.75 Å². The Balaban J connectivity index is 1.99.